The molecule has 1 N–H and O–H groups in total. The Kier molecular flexibility index (Phi) is 9.21. The van der Waals surface area contributed by atoms with Gasteiger partial charge >= 0.3 is 6.09 Å². The molecule has 2 aromatic carbocycles. The quantitative estimate of drug-likeness (QED) is 0.278. The summed E-state index contributed by atoms with van der Waals surface area (Å²) in [6.45, 7) is 13.6. The second-order valence-corrected chi connectivity index (χ2v) is 13.2. The number of carbonyl (C=O) groups excluding carboxylic acids is 1. The van der Waals surface area contributed by atoms with Gasteiger partial charge in [-0.05, 0) is 83.1 Å². The molecule has 0 saturated carbocycles. The summed E-state index contributed by atoms with van der Waals surface area (Å²) in [4.78, 5) is 15.6. The lowest BCUT2D eigenvalue weighted by molar-refractivity contribution is 0.0488. The zero-order chi connectivity index (χ0) is 29.9. The molecule has 0 aliphatic carbocycles. The molecule has 8 nitrogen and oxygen atoms in total. The van der Waals surface area contributed by atoms with E-state index in [1.165, 1.54) is 12.8 Å². The van der Waals surface area contributed by atoms with E-state index in [0.717, 1.165) is 54.3 Å². The minimum Gasteiger partial charge on any atom is -0.489 e. The van der Waals surface area contributed by atoms with Crippen LogP contribution in [0, 0.1) is 6.92 Å². The molecule has 3 atom stereocenters. The van der Waals surface area contributed by atoms with E-state index in [0.29, 0.717) is 30.7 Å². The van der Waals surface area contributed by atoms with Gasteiger partial charge < -0.3 is 19.4 Å². The van der Waals surface area contributed by atoms with Gasteiger partial charge in [0.25, 0.3) is 0 Å². The Labute approximate surface area is 250 Å². The molecule has 3 unspecified atom stereocenters. The molecule has 5 rings (SSSR count). The molecular formula is C34H47N5O3. The minimum atomic E-state index is -0.556. The molecule has 3 heterocycles. The number of nitrogens with one attached hydrogen (secondary N) is 1. The van der Waals surface area contributed by atoms with Gasteiger partial charge in [-0.2, -0.15) is 0 Å². The van der Waals surface area contributed by atoms with Crippen molar-refractivity contribution in [3.8, 4) is 5.75 Å². The number of hydrogen-bond acceptors (Lipinski definition) is 6. The summed E-state index contributed by atoms with van der Waals surface area (Å²) in [7, 11) is 0. The summed E-state index contributed by atoms with van der Waals surface area (Å²) in [6.07, 6.45) is 5.10. The Morgan fingerprint density at radius 1 is 0.976 bits per heavy atom. The molecule has 1 aromatic heterocycles. The van der Waals surface area contributed by atoms with Crippen LogP contribution in [-0.4, -0.2) is 50.0 Å². The van der Waals surface area contributed by atoms with E-state index in [-0.39, 0.29) is 12.1 Å². The molecule has 1 amide bonds. The third-order valence-electron chi connectivity index (χ3n) is 8.53. The van der Waals surface area contributed by atoms with Crippen LogP contribution in [0.1, 0.15) is 108 Å². The SMILES string of the molecule is Cc1nnc(C(C)C)n1C1CC2CCC(C1)N2CCC(NC(=O)OC(C)(C)C)c1ccc(OCc2ccccc2)cc1. The van der Waals surface area contributed by atoms with E-state index in [2.05, 4.69) is 70.0 Å². The van der Waals surface area contributed by atoms with Crippen molar-refractivity contribution in [1.82, 2.24) is 25.0 Å². The summed E-state index contributed by atoms with van der Waals surface area (Å²) < 4.78 is 14.1. The first kappa shape index (κ1) is 30.1. The van der Waals surface area contributed by atoms with Gasteiger partial charge in [0.1, 0.15) is 29.6 Å². The van der Waals surface area contributed by atoms with Crippen molar-refractivity contribution in [3.63, 3.8) is 0 Å². The van der Waals surface area contributed by atoms with Crippen LogP contribution in [0.3, 0.4) is 0 Å². The van der Waals surface area contributed by atoms with Gasteiger partial charge in [-0.1, -0.05) is 56.3 Å². The number of aromatic nitrogens is 3. The lowest BCUT2D eigenvalue weighted by Crippen LogP contribution is -2.45. The van der Waals surface area contributed by atoms with Gasteiger partial charge in [-0.3, -0.25) is 4.90 Å². The van der Waals surface area contributed by atoms with Gasteiger partial charge in [0.2, 0.25) is 0 Å². The predicted octanol–water partition coefficient (Wildman–Crippen LogP) is 7.11. The first-order chi connectivity index (χ1) is 20.1. The maximum Gasteiger partial charge on any atom is 0.408 e. The van der Waals surface area contributed by atoms with E-state index in [1.54, 1.807) is 0 Å². The molecule has 2 aliphatic heterocycles. The lowest BCUT2D eigenvalue weighted by atomic mass is 9.95. The summed E-state index contributed by atoms with van der Waals surface area (Å²) in [5.41, 5.74) is 1.63. The summed E-state index contributed by atoms with van der Waals surface area (Å²) in [5.74, 6) is 3.29. The van der Waals surface area contributed by atoms with Crippen molar-refractivity contribution in [2.75, 3.05) is 6.54 Å². The second kappa shape index (κ2) is 12.9. The summed E-state index contributed by atoms with van der Waals surface area (Å²) in [5, 5.41) is 12.1. The van der Waals surface area contributed by atoms with Gasteiger partial charge in [0, 0.05) is 30.6 Å². The molecule has 2 bridgehead atoms. The van der Waals surface area contributed by atoms with Crippen LogP contribution in [0.5, 0.6) is 5.75 Å². The first-order valence-electron chi connectivity index (χ1n) is 15.5. The molecule has 8 heteroatoms. The first-order valence-corrected chi connectivity index (χ1v) is 15.5. The Bertz CT molecular complexity index is 1300. The number of aryl methyl sites for hydroxylation is 1. The van der Waals surface area contributed by atoms with Crippen molar-refractivity contribution >= 4 is 6.09 Å². The number of benzene rings is 2. The zero-order valence-electron chi connectivity index (χ0n) is 26.0. The maximum atomic E-state index is 12.9. The zero-order valence-corrected chi connectivity index (χ0v) is 26.0. The molecule has 42 heavy (non-hydrogen) atoms. The number of amides is 1. The van der Waals surface area contributed by atoms with Crippen LogP contribution in [0.2, 0.25) is 0 Å². The lowest BCUT2D eigenvalue weighted by Gasteiger charge is -2.40. The number of alkyl carbamates (subject to hydrolysis) is 1. The van der Waals surface area contributed by atoms with Crippen molar-refractivity contribution in [3.05, 3.63) is 77.4 Å². The fourth-order valence-electron chi connectivity index (χ4n) is 6.64. The number of carbonyl (C=O) groups is 1. The molecule has 0 radical (unpaired) electrons. The third kappa shape index (κ3) is 7.33. The molecule has 226 valence electrons. The highest BCUT2D eigenvalue weighted by Crippen LogP contribution is 2.42. The Hall–Kier alpha value is -3.39. The maximum absolute atomic E-state index is 12.9. The van der Waals surface area contributed by atoms with Gasteiger partial charge in [-0.25, -0.2) is 4.79 Å². The predicted molar refractivity (Wildman–Crippen MR) is 165 cm³/mol. The highest BCUT2D eigenvalue weighted by molar-refractivity contribution is 5.68. The van der Waals surface area contributed by atoms with Crippen molar-refractivity contribution in [2.24, 2.45) is 0 Å². The Balaban J connectivity index is 1.25. The number of piperidine rings is 1. The number of nitrogens with zero attached hydrogens (tertiary/aromatic N) is 4. The number of fused-ring (bicyclic) bond motifs is 2. The topological polar surface area (TPSA) is 81.5 Å². The molecule has 3 aromatic rings. The van der Waals surface area contributed by atoms with Crippen LogP contribution < -0.4 is 10.1 Å². The van der Waals surface area contributed by atoms with E-state index < -0.39 is 5.60 Å². The van der Waals surface area contributed by atoms with Crippen LogP contribution in [0.4, 0.5) is 4.79 Å². The van der Waals surface area contributed by atoms with E-state index >= 15 is 0 Å². The monoisotopic (exact) mass is 573 g/mol. The smallest absolute Gasteiger partial charge is 0.408 e. The normalized spacial score (nSPS) is 21.4. The second-order valence-electron chi connectivity index (χ2n) is 13.2. The fraction of sp³-hybridized carbons (Fsp3) is 0.559. The summed E-state index contributed by atoms with van der Waals surface area (Å²) in [6, 6.07) is 19.6. The minimum absolute atomic E-state index is 0.159. The Morgan fingerprint density at radius 3 is 2.26 bits per heavy atom. The van der Waals surface area contributed by atoms with Crippen molar-refractivity contribution in [2.45, 2.75) is 116 Å². The average molecular weight is 574 g/mol. The van der Waals surface area contributed by atoms with E-state index in [1.807, 2.05) is 51.1 Å². The van der Waals surface area contributed by atoms with Crippen LogP contribution in [-0.2, 0) is 11.3 Å². The van der Waals surface area contributed by atoms with Crippen molar-refractivity contribution in [1.29, 1.82) is 0 Å². The largest absolute Gasteiger partial charge is 0.489 e. The van der Waals surface area contributed by atoms with Crippen LogP contribution >= 0.6 is 0 Å². The molecular weight excluding hydrogens is 526 g/mol. The molecule has 2 aliphatic rings. The fourth-order valence-corrected chi connectivity index (χ4v) is 6.64. The van der Waals surface area contributed by atoms with Crippen molar-refractivity contribution < 1.29 is 14.3 Å². The third-order valence-corrected chi connectivity index (χ3v) is 8.53. The van der Waals surface area contributed by atoms with Gasteiger partial charge in [0.15, 0.2) is 0 Å². The van der Waals surface area contributed by atoms with Crippen LogP contribution in [0.25, 0.3) is 0 Å². The summed E-state index contributed by atoms with van der Waals surface area (Å²) >= 11 is 0. The van der Waals surface area contributed by atoms with Crippen LogP contribution in [0.15, 0.2) is 54.6 Å². The standard InChI is InChI=1S/C34H47N5O3/c1-23(2)32-37-36-24(3)39(32)29-20-27-14-15-28(21-29)38(27)19-18-31(35-33(40)42-34(4,5)6)26-12-16-30(17-13-26)41-22-25-10-8-7-9-11-25/h7-13,16-17,23,27-29,31H,14-15,18-22H2,1-6H3,(H,35,40). The average Bonchev–Trinajstić information content (AvgIpc) is 3.44. The van der Waals surface area contributed by atoms with Gasteiger partial charge in [-0.15, -0.1) is 10.2 Å². The number of ether oxygens (including phenoxy) is 2. The number of hydrogen-bond donors (Lipinski definition) is 1. The van der Waals surface area contributed by atoms with Gasteiger partial charge in [0.05, 0.1) is 6.04 Å². The number of rotatable bonds is 10. The molecule has 2 fully saturated rings. The highest BCUT2D eigenvalue weighted by Gasteiger charge is 2.42. The highest BCUT2D eigenvalue weighted by atomic mass is 16.6. The van der Waals surface area contributed by atoms with E-state index in [4.69, 9.17) is 9.47 Å². The van der Waals surface area contributed by atoms with E-state index in [9.17, 15) is 4.79 Å². The Morgan fingerprint density at radius 2 is 1.64 bits per heavy atom. The molecule has 2 saturated heterocycles. The molecule has 0 spiro atoms.